The van der Waals surface area contributed by atoms with Crippen LogP contribution in [0.4, 0.5) is 0 Å². The normalized spacial score (nSPS) is 14.2. The molecule has 1 amide bonds. The van der Waals surface area contributed by atoms with Crippen molar-refractivity contribution in [2.24, 2.45) is 5.73 Å². The number of carbonyl (C=O) groups is 1. The van der Waals surface area contributed by atoms with E-state index in [-0.39, 0.29) is 5.91 Å². The molecule has 0 spiro atoms. The topological polar surface area (TPSA) is 55.1 Å². The fourth-order valence-electron chi connectivity index (χ4n) is 1.62. The first-order valence-electron chi connectivity index (χ1n) is 5.91. The third-order valence-electron chi connectivity index (χ3n) is 2.78. The second-order valence-corrected chi connectivity index (χ2v) is 6.37. The standard InChI is InChI=1S/C13H19BrN2OS/c1-3-16-13(2,12(15)17)7-8-18-11-6-4-5-10(14)9-11/h4-6,9,16H,3,7-8H2,1-2H3,(H2,15,17). The van der Waals surface area contributed by atoms with E-state index in [1.54, 1.807) is 11.8 Å². The maximum atomic E-state index is 11.5. The van der Waals surface area contributed by atoms with Gasteiger partial charge in [0.05, 0.1) is 5.54 Å². The number of carbonyl (C=O) groups excluding carboxylic acids is 1. The first kappa shape index (κ1) is 15.5. The van der Waals surface area contributed by atoms with E-state index in [1.807, 2.05) is 26.0 Å². The molecule has 0 radical (unpaired) electrons. The lowest BCUT2D eigenvalue weighted by Gasteiger charge is -2.26. The van der Waals surface area contributed by atoms with Crippen LogP contribution in [-0.4, -0.2) is 23.7 Å². The lowest BCUT2D eigenvalue weighted by molar-refractivity contribution is -0.123. The molecule has 0 heterocycles. The zero-order valence-corrected chi connectivity index (χ0v) is 13.1. The van der Waals surface area contributed by atoms with Gasteiger partial charge in [-0.1, -0.05) is 28.9 Å². The van der Waals surface area contributed by atoms with Crippen LogP contribution < -0.4 is 11.1 Å². The highest BCUT2D eigenvalue weighted by Gasteiger charge is 2.29. The molecule has 3 N–H and O–H groups in total. The zero-order valence-electron chi connectivity index (χ0n) is 10.7. The van der Waals surface area contributed by atoms with Crippen LogP contribution in [0.15, 0.2) is 33.6 Å². The number of benzene rings is 1. The predicted octanol–water partition coefficient (Wildman–Crippen LogP) is 2.78. The summed E-state index contributed by atoms with van der Waals surface area (Å²) in [7, 11) is 0. The van der Waals surface area contributed by atoms with E-state index in [9.17, 15) is 4.79 Å². The Morgan fingerprint density at radius 2 is 2.28 bits per heavy atom. The van der Waals surface area contributed by atoms with Crippen LogP contribution in [0, 0.1) is 0 Å². The van der Waals surface area contributed by atoms with Gasteiger partial charge in [-0.15, -0.1) is 11.8 Å². The number of rotatable bonds is 7. The highest BCUT2D eigenvalue weighted by Crippen LogP contribution is 2.24. The van der Waals surface area contributed by atoms with Crippen LogP contribution in [0.5, 0.6) is 0 Å². The molecule has 0 aliphatic heterocycles. The van der Waals surface area contributed by atoms with E-state index in [2.05, 4.69) is 33.4 Å². The van der Waals surface area contributed by atoms with Gasteiger partial charge in [0.25, 0.3) is 0 Å². The molecule has 1 unspecified atom stereocenters. The minimum atomic E-state index is -0.617. The lowest BCUT2D eigenvalue weighted by atomic mass is 9.98. The maximum Gasteiger partial charge on any atom is 0.237 e. The summed E-state index contributed by atoms with van der Waals surface area (Å²) in [5, 5.41) is 3.16. The van der Waals surface area contributed by atoms with E-state index in [0.717, 1.165) is 16.8 Å². The van der Waals surface area contributed by atoms with Crippen molar-refractivity contribution >= 4 is 33.6 Å². The summed E-state index contributed by atoms with van der Waals surface area (Å²) in [5.41, 5.74) is 4.83. The minimum absolute atomic E-state index is 0.292. The molecule has 0 saturated carbocycles. The lowest BCUT2D eigenvalue weighted by Crippen LogP contribution is -2.53. The van der Waals surface area contributed by atoms with Crippen LogP contribution >= 0.6 is 27.7 Å². The van der Waals surface area contributed by atoms with Crippen molar-refractivity contribution in [2.75, 3.05) is 12.3 Å². The van der Waals surface area contributed by atoms with Crippen LogP contribution in [0.2, 0.25) is 0 Å². The van der Waals surface area contributed by atoms with Crippen molar-refractivity contribution in [3.63, 3.8) is 0 Å². The quantitative estimate of drug-likeness (QED) is 0.756. The van der Waals surface area contributed by atoms with E-state index in [4.69, 9.17) is 5.73 Å². The van der Waals surface area contributed by atoms with Crippen molar-refractivity contribution in [1.29, 1.82) is 0 Å². The first-order chi connectivity index (χ1) is 8.48. The van der Waals surface area contributed by atoms with Gasteiger partial charge < -0.3 is 11.1 Å². The summed E-state index contributed by atoms with van der Waals surface area (Å²) in [6.45, 7) is 4.57. The molecular formula is C13H19BrN2OS. The molecule has 0 bridgehead atoms. The Balaban J connectivity index is 2.51. The number of thioether (sulfide) groups is 1. The number of nitrogens with one attached hydrogen (secondary N) is 1. The van der Waals surface area contributed by atoms with Crippen LogP contribution in [0.1, 0.15) is 20.3 Å². The van der Waals surface area contributed by atoms with Gasteiger partial charge in [0.2, 0.25) is 5.91 Å². The third-order valence-corrected chi connectivity index (χ3v) is 4.27. The van der Waals surface area contributed by atoms with Crippen LogP contribution in [-0.2, 0) is 4.79 Å². The van der Waals surface area contributed by atoms with Gasteiger partial charge in [-0.3, -0.25) is 4.79 Å². The molecule has 1 aromatic rings. The summed E-state index contributed by atoms with van der Waals surface area (Å²) >= 11 is 5.17. The average molecular weight is 331 g/mol. The molecule has 100 valence electrons. The molecular weight excluding hydrogens is 312 g/mol. The van der Waals surface area contributed by atoms with Crippen molar-refractivity contribution in [3.8, 4) is 0 Å². The molecule has 3 nitrogen and oxygen atoms in total. The van der Waals surface area contributed by atoms with Gasteiger partial charge in [-0.2, -0.15) is 0 Å². The van der Waals surface area contributed by atoms with Crippen LogP contribution in [0.3, 0.4) is 0 Å². The molecule has 5 heteroatoms. The second kappa shape index (κ2) is 7.16. The van der Waals surface area contributed by atoms with Gasteiger partial charge in [-0.05, 0) is 38.1 Å². The Morgan fingerprint density at radius 3 is 2.83 bits per heavy atom. The molecule has 0 fully saturated rings. The predicted molar refractivity (Wildman–Crippen MR) is 80.8 cm³/mol. The fourth-order valence-corrected chi connectivity index (χ4v) is 3.30. The van der Waals surface area contributed by atoms with Gasteiger partial charge in [0.15, 0.2) is 0 Å². The summed E-state index contributed by atoms with van der Waals surface area (Å²) < 4.78 is 1.07. The Hall–Kier alpha value is -0.520. The zero-order chi connectivity index (χ0) is 13.6. The summed E-state index contributed by atoms with van der Waals surface area (Å²) in [6, 6.07) is 8.13. The highest BCUT2D eigenvalue weighted by molar-refractivity contribution is 9.10. The number of hydrogen-bond acceptors (Lipinski definition) is 3. The molecule has 1 aromatic carbocycles. The largest absolute Gasteiger partial charge is 0.368 e. The first-order valence-corrected chi connectivity index (χ1v) is 7.69. The van der Waals surface area contributed by atoms with Crippen molar-refractivity contribution in [1.82, 2.24) is 5.32 Å². The summed E-state index contributed by atoms with van der Waals surface area (Å²) in [6.07, 6.45) is 0.716. The average Bonchev–Trinajstić information content (AvgIpc) is 2.29. The SMILES string of the molecule is CCNC(C)(CCSc1cccc(Br)c1)C(N)=O. The number of amides is 1. The van der Waals surface area contributed by atoms with E-state index in [0.29, 0.717) is 6.42 Å². The monoisotopic (exact) mass is 330 g/mol. The Morgan fingerprint density at radius 1 is 1.56 bits per heavy atom. The number of halogens is 1. The Labute approximate surface area is 121 Å². The number of likely N-dealkylation sites (N-methyl/N-ethyl adjacent to an activating group) is 1. The smallest absolute Gasteiger partial charge is 0.237 e. The molecule has 18 heavy (non-hydrogen) atoms. The molecule has 1 rings (SSSR count). The summed E-state index contributed by atoms with van der Waals surface area (Å²) in [5.74, 6) is 0.558. The van der Waals surface area contributed by atoms with Gasteiger partial charge in [0, 0.05) is 15.1 Å². The molecule has 0 saturated heterocycles. The van der Waals surface area contributed by atoms with E-state index < -0.39 is 5.54 Å². The van der Waals surface area contributed by atoms with Gasteiger partial charge in [-0.25, -0.2) is 0 Å². The number of hydrogen-bond donors (Lipinski definition) is 2. The highest BCUT2D eigenvalue weighted by atomic mass is 79.9. The molecule has 0 aromatic heterocycles. The van der Waals surface area contributed by atoms with E-state index >= 15 is 0 Å². The second-order valence-electron chi connectivity index (χ2n) is 4.28. The Bertz CT molecular complexity index is 414. The number of primary amides is 1. The van der Waals surface area contributed by atoms with E-state index in [1.165, 1.54) is 4.90 Å². The van der Waals surface area contributed by atoms with Crippen LogP contribution in [0.25, 0.3) is 0 Å². The molecule has 0 aliphatic carbocycles. The van der Waals surface area contributed by atoms with Crippen molar-refractivity contribution < 1.29 is 4.79 Å². The third kappa shape index (κ3) is 4.63. The maximum absolute atomic E-state index is 11.5. The van der Waals surface area contributed by atoms with Gasteiger partial charge in [0.1, 0.15) is 0 Å². The number of nitrogens with two attached hydrogens (primary N) is 1. The molecule has 1 atom stereocenters. The van der Waals surface area contributed by atoms with Crippen molar-refractivity contribution in [2.45, 2.75) is 30.7 Å². The summed E-state index contributed by atoms with van der Waals surface area (Å²) in [4.78, 5) is 12.6. The fraction of sp³-hybridized carbons (Fsp3) is 0.462. The Kier molecular flexibility index (Phi) is 6.18. The minimum Gasteiger partial charge on any atom is -0.368 e. The van der Waals surface area contributed by atoms with Crippen molar-refractivity contribution in [3.05, 3.63) is 28.7 Å². The molecule has 0 aliphatic rings. The van der Waals surface area contributed by atoms with Gasteiger partial charge >= 0.3 is 0 Å².